The van der Waals surface area contributed by atoms with Gasteiger partial charge in [-0.25, -0.2) is 0 Å². The van der Waals surface area contributed by atoms with E-state index in [0.717, 1.165) is 11.3 Å². The van der Waals surface area contributed by atoms with Crippen molar-refractivity contribution in [1.29, 1.82) is 0 Å². The number of furan rings is 1. The van der Waals surface area contributed by atoms with Crippen molar-refractivity contribution in [3.05, 3.63) is 36.3 Å². The molecule has 2 heterocycles. The average Bonchev–Trinajstić information content (AvgIpc) is 3.22. The van der Waals surface area contributed by atoms with Crippen LogP contribution in [0.2, 0.25) is 0 Å². The summed E-state index contributed by atoms with van der Waals surface area (Å²) in [6.45, 7) is 0. The van der Waals surface area contributed by atoms with Crippen molar-refractivity contribution in [1.82, 2.24) is 4.90 Å². The Hall–Kier alpha value is -2.37. The van der Waals surface area contributed by atoms with E-state index >= 15 is 0 Å². The van der Waals surface area contributed by atoms with Crippen LogP contribution in [0.4, 0.5) is 0 Å². The second-order valence-electron chi connectivity index (χ2n) is 6.18. The molecule has 0 aromatic carbocycles. The molecule has 0 spiro atoms. The summed E-state index contributed by atoms with van der Waals surface area (Å²) >= 11 is 0. The maximum absolute atomic E-state index is 12.7. The van der Waals surface area contributed by atoms with Crippen LogP contribution >= 0.6 is 0 Å². The zero-order valence-electron chi connectivity index (χ0n) is 11.7. The van der Waals surface area contributed by atoms with Gasteiger partial charge in [0.05, 0.1) is 24.5 Å². The van der Waals surface area contributed by atoms with E-state index in [4.69, 9.17) is 9.52 Å². The fourth-order valence-electron chi connectivity index (χ4n) is 4.20. The number of carboxylic acids is 1. The summed E-state index contributed by atoms with van der Waals surface area (Å²) < 4.78 is 5.27. The Morgan fingerprint density at radius 2 is 1.91 bits per heavy atom. The van der Waals surface area contributed by atoms with Gasteiger partial charge in [-0.05, 0) is 30.4 Å². The number of hydrogen-bond acceptors (Lipinski definition) is 4. The number of carbonyl (C=O) groups excluding carboxylic acids is 2. The van der Waals surface area contributed by atoms with E-state index in [-0.39, 0.29) is 41.9 Å². The quantitative estimate of drug-likeness (QED) is 0.674. The van der Waals surface area contributed by atoms with Gasteiger partial charge < -0.3 is 9.52 Å². The van der Waals surface area contributed by atoms with Gasteiger partial charge in [-0.3, -0.25) is 19.3 Å². The monoisotopic (exact) mass is 301 g/mol. The number of aliphatic carboxylic acids is 1. The summed E-state index contributed by atoms with van der Waals surface area (Å²) in [7, 11) is 0. The highest BCUT2D eigenvalue weighted by atomic mass is 16.4. The number of allylic oxidation sites excluding steroid dienone is 2. The predicted octanol–water partition coefficient (Wildman–Crippen LogP) is 1.60. The number of carboxylic acid groups (broad SMARTS) is 1. The Bertz CT molecular complexity index is 647. The third kappa shape index (κ3) is 1.70. The van der Waals surface area contributed by atoms with Gasteiger partial charge in [0, 0.05) is 0 Å². The predicted molar refractivity (Wildman–Crippen MR) is 73.3 cm³/mol. The molecule has 2 amide bonds. The maximum atomic E-state index is 12.7. The lowest BCUT2D eigenvalue weighted by Gasteiger charge is -2.25. The van der Waals surface area contributed by atoms with Crippen LogP contribution in [-0.4, -0.2) is 27.8 Å². The van der Waals surface area contributed by atoms with Crippen LogP contribution in [0.15, 0.2) is 35.0 Å². The van der Waals surface area contributed by atoms with Gasteiger partial charge >= 0.3 is 5.97 Å². The number of rotatable bonds is 4. The number of imide groups is 1. The Balaban J connectivity index is 1.70. The van der Waals surface area contributed by atoms with Crippen molar-refractivity contribution < 1.29 is 23.9 Å². The lowest BCUT2D eigenvalue weighted by molar-refractivity contribution is -0.147. The molecule has 3 aliphatic rings. The highest BCUT2D eigenvalue weighted by molar-refractivity contribution is 6.07. The van der Waals surface area contributed by atoms with E-state index in [1.807, 2.05) is 12.2 Å². The van der Waals surface area contributed by atoms with Crippen LogP contribution in [0.3, 0.4) is 0 Å². The highest BCUT2D eigenvalue weighted by Gasteiger charge is 2.60. The molecule has 2 aliphatic carbocycles. The summed E-state index contributed by atoms with van der Waals surface area (Å²) in [6.07, 6.45) is 5.96. The summed E-state index contributed by atoms with van der Waals surface area (Å²) in [5, 5.41) is 9.13. The van der Waals surface area contributed by atoms with Gasteiger partial charge in [-0.2, -0.15) is 0 Å². The van der Waals surface area contributed by atoms with Gasteiger partial charge in [-0.15, -0.1) is 0 Å². The lowest BCUT2D eigenvalue weighted by atomic mass is 9.85. The molecule has 5 atom stereocenters. The van der Waals surface area contributed by atoms with Crippen molar-refractivity contribution in [2.75, 3.05) is 0 Å². The highest BCUT2D eigenvalue weighted by Crippen LogP contribution is 2.54. The van der Waals surface area contributed by atoms with Gasteiger partial charge in [0.15, 0.2) is 0 Å². The standard InChI is InChI=1S/C16H15NO5/c18-12(19)7-10(11-2-1-5-22-11)17-15(20)13-8-3-4-9(6-8)14(13)16(17)21/h1-5,8-10,13-14H,6-7H2,(H,18,19)/t8-,9+,10-,13+,14-/m0/s1. The fraction of sp³-hybridized carbons (Fsp3) is 0.438. The smallest absolute Gasteiger partial charge is 0.305 e. The summed E-state index contributed by atoms with van der Waals surface area (Å²) in [4.78, 5) is 37.8. The van der Waals surface area contributed by atoms with E-state index in [1.54, 1.807) is 12.1 Å². The maximum Gasteiger partial charge on any atom is 0.305 e. The Kier molecular flexibility index (Phi) is 2.76. The Morgan fingerprint density at radius 3 is 2.41 bits per heavy atom. The van der Waals surface area contributed by atoms with Crippen LogP contribution in [0.5, 0.6) is 0 Å². The fourth-order valence-corrected chi connectivity index (χ4v) is 4.20. The van der Waals surface area contributed by atoms with Gasteiger partial charge in [0.1, 0.15) is 11.8 Å². The molecule has 1 aromatic rings. The number of hydrogen-bond donors (Lipinski definition) is 1. The van der Waals surface area contributed by atoms with E-state index in [1.165, 1.54) is 6.26 Å². The molecule has 0 radical (unpaired) electrons. The number of likely N-dealkylation sites (tertiary alicyclic amines) is 1. The number of carbonyl (C=O) groups is 3. The molecular formula is C16H15NO5. The molecule has 1 aromatic heterocycles. The van der Waals surface area contributed by atoms with E-state index in [9.17, 15) is 14.4 Å². The first kappa shape index (κ1) is 13.3. The summed E-state index contributed by atoms with van der Waals surface area (Å²) in [5.41, 5.74) is 0. The van der Waals surface area contributed by atoms with Crippen LogP contribution in [0, 0.1) is 23.7 Å². The normalized spacial score (nSPS) is 33.5. The number of nitrogens with zero attached hydrogens (tertiary/aromatic N) is 1. The second kappa shape index (κ2) is 4.56. The Morgan fingerprint density at radius 1 is 1.27 bits per heavy atom. The zero-order valence-corrected chi connectivity index (χ0v) is 11.7. The van der Waals surface area contributed by atoms with Crippen molar-refractivity contribution >= 4 is 17.8 Å². The minimum Gasteiger partial charge on any atom is -0.481 e. The van der Waals surface area contributed by atoms with E-state index < -0.39 is 12.0 Å². The molecule has 1 saturated heterocycles. The zero-order chi connectivity index (χ0) is 15.4. The third-order valence-electron chi connectivity index (χ3n) is 5.06. The molecule has 1 saturated carbocycles. The van der Waals surface area contributed by atoms with Crippen molar-refractivity contribution in [2.45, 2.75) is 18.9 Å². The van der Waals surface area contributed by atoms with Gasteiger partial charge in [0.25, 0.3) is 0 Å². The summed E-state index contributed by atoms with van der Waals surface area (Å²) in [6, 6.07) is 2.37. The lowest BCUT2D eigenvalue weighted by Crippen LogP contribution is -2.37. The first-order valence-corrected chi connectivity index (χ1v) is 7.38. The van der Waals surface area contributed by atoms with Crippen LogP contribution < -0.4 is 0 Å². The SMILES string of the molecule is O=C(O)C[C@@H](c1ccco1)N1C(=O)[C@@H]2[C@H](C1=O)[C@H]1C=C[C@@H]2C1. The molecule has 1 aliphatic heterocycles. The Labute approximate surface area is 126 Å². The van der Waals surface area contributed by atoms with Gasteiger partial charge in [0.2, 0.25) is 11.8 Å². The van der Waals surface area contributed by atoms with Crippen LogP contribution in [-0.2, 0) is 14.4 Å². The molecule has 1 N–H and O–H groups in total. The molecule has 114 valence electrons. The molecule has 2 fully saturated rings. The van der Waals surface area contributed by atoms with Crippen molar-refractivity contribution in [3.8, 4) is 0 Å². The third-order valence-corrected chi connectivity index (χ3v) is 5.06. The first-order valence-electron chi connectivity index (χ1n) is 7.38. The average molecular weight is 301 g/mol. The van der Waals surface area contributed by atoms with E-state index in [2.05, 4.69) is 0 Å². The van der Waals surface area contributed by atoms with Crippen LogP contribution in [0.1, 0.15) is 24.6 Å². The summed E-state index contributed by atoms with van der Waals surface area (Å²) in [5.74, 6) is -1.67. The molecule has 0 unspecified atom stereocenters. The van der Waals surface area contributed by atoms with Crippen LogP contribution in [0.25, 0.3) is 0 Å². The first-order chi connectivity index (χ1) is 10.6. The molecule has 22 heavy (non-hydrogen) atoms. The van der Waals surface area contributed by atoms with Crippen molar-refractivity contribution in [3.63, 3.8) is 0 Å². The molecule has 6 heteroatoms. The van der Waals surface area contributed by atoms with E-state index in [0.29, 0.717) is 5.76 Å². The topological polar surface area (TPSA) is 87.8 Å². The second-order valence-corrected chi connectivity index (χ2v) is 6.18. The minimum absolute atomic E-state index is 0.110. The van der Waals surface area contributed by atoms with Crippen molar-refractivity contribution in [2.24, 2.45) is 23.7 Å². The molecule has 6 nitrogen and oxygen atoms in total. The largest absolute Gasteiger partial charge is 0.481 e. The molecular weight excluding hydrogens is 286 g/mol. The molecule has 2 bridgehead atoms. The molecule has 4 rings (SSSR count). The number of amides is 2. The van der Waals surface area contributed by atoms with Gasteiger partial charge in [-0.1, -0.05) is 12.2 Å². The minimum atomic E-state index is -1.07. The number of fused-ring (bicyclic) bond motifs is 5.